The number of rotatable bonds is 4. The van der Waals surface area contributed by atoms with Crippen LogP contribution in [0.1, 0.15) is 51.0 Å². The molecule has 1 atom stereocenters. The molecule has 1 aliphatic carbocycles. The van der Waals surface area contributed by atoms with Gasteiger partial charge in [0, 0.05) is 31.4 Å². The Labute approximate surface area is 131 Å². The lowest BCUT2D eigenvalue weighted by atomic mass is 9.96. The zero-order valence-electron chi connectivity index (χ0n) is 13.0. The lowest BCUT2D eigenvalue weighted by molar-refractivity contribution is -0.141. The van der Waals surface area contributed by atoms with E-state index in [1.54, 1.807) is 17.3 Å². The van der Waals surface area contributed by atoms with Crippen LogP contribution in [0.15, 0.2) is 24.5 Å². The molecular formula is C17H23N3O2. The van der Waals surface area contributed by atoms with Gasteiger partial charge in [0.15, 0.2) is 0 Å². The van der Waals surface area contributed by atoms with Gasteiger partial charge in [-0.05, 0) is 37.8 Å². The molecule has 1 N–H and O–H groups in total. The van der Waals surface area contributed by atoms with Crippen molar-refractivity contribution < 1.29 is 9.59 Å². The van der Waals surface area contributed by atoms with Crippen molar-refractivity contribution in [1.29, 1.82) is 0 Å². The van der Waals surface area contributed by atoms with Gasteiger partial charge < -0.3 is 10.2 Å². The van der Waals surface area contributed by atoms with Crippen molar-refractivity contribution in [3.8, 4) is 0 Å². The largest absolute Gasteiger partial charge is 0.351 e. The van der Waals surface area contributed by atoms with Crippen LogP contribution in [0.25, 0.3) is 0 Å². The number of pyridine rings is 1. The molecule has 1 aromatic rings. The van der Waals surface area contributed by atoms with Gasteiger partial charge in [0.2, 0.25) is 11.8 Å². The Balaban J connectivity index is 1.74. The number of hydrogen-bond donors (Lipinski definition) is 1. The van der Waals surface area contributed by atoms with Crippen molar-refractivity contribution in [2.24, 2.45) is 0 Å². The summed E-state index contributed by atoms with van der Waals surface area (Å²) in [6.07, 6.45) is 8.96. The van der Waals surface area contributed by atoms with Gasteiger partial charge in [-0.1, -0.05) is 18.9 Å². The Kier molecular flexibility index (Phi) is 4.14. The summed E-state index contributed by atoms with van der Waals surface area (Å²) in [5.74, 6) is 0.0436. The number of nitrogens with one attached hydrogen (secondary N) is 1. The van der Waals surface area contributed by atoms with E-state index in [9.17, 15) is 9.59 Å². The number of amides is 2. The van der Waals surface area contributed by atoms with Gasteiger partial charge in [-0.3, -0.25) is 14.6 Å². The summed E-state index contributed by atoms with van der Waals surface area (Å²) in [6.45, 7) is 2.33. The summed E-state index contributed by atoms with van der Waals surface area (Å²) in [7, 11) is 0. The van der Waals surface area contributed by atoms with E-state index in [1.165, 1.54) is 12.8 Å². The van der Waals surface area contributed by atoms with Crippen LogP contribution in [-0.4, -0.2) is 33.3 Å². The summed E-state index contributed by atoms with van der Waals surface area (Å²) in [4.78, 5) is 30.8. The molecule has 1 saturated heterocycles. The number of carbonyl (C=O) groups excluding carboxylic acids is 2. The molecule has 0 aromatic carbocycles. The van der Waals surface area contributed by atoms with Crippen molar-refractivity contribution in [3.63, 3.8) is 0 Å². The van der Waals surface area contributed by atoms with Gasteiger partial charge in [-0.15, -0.1) is 0 Å². The van der Waals surface area contributed by atoms with Gasteiger partial charge in [0.25, 0.3) is 0 Å². The van der Waals surface area contributed by atoms with Gasteiger partial charge in [-0.25, -0.2) is 0 Å². The highest BCUT2D eigenvalue weighted by Crippen LogP contribution is 2.32. The molecule has 1 unspecified atom stereocenters. The lowest BCUT2D eigenvalue weighted by Gasteiger charge is -2.35. The minimum Gasteiger partial charge on any atom is -0.351 e. The van der Waals surface area contributed by atoms with Crippen LogP contribution in [-0.2, 0) is 16.1 Å². The van der Waals surface area contributed by atoms with Crippen LogP contribution in [0, 0.1) is 0 Å². The van der Waals surface area contributed by atoms with E-state index >= 15 is 0 Å². The molecule has 0 radical (unpaired) electrons. The van der Waals surface area contributed by atoms with Crippen LogP contribution >= 0.6 is 0 Å². The van der Waals surface area contributed by atoms with Crippen molar-refractivity contribution in [1.82, 2.24) is 15.2 Å². The third-order valence-electron chi connectivity index (χ3n) is 4.97. The minimum atomic E-state index is -0.741. The van der Waals surface area contributed by atoms with Crippen molar-refractivity contribution in [3.05, 3.63) is 30.1 Å². The van der Waals surface area contributed by atoms with E-state index in [2.05, 4.69) is 10.3 Å². The Bertz CT molecular complexity index is 554. The first-order valence-corrected chi connectivity index (χ1v) is 8.10. The highest BCUT2D eigenvalue weighted by molar-refractivity contribution is 5.94. The summed E-state index contributed by atoms with van der Waals surface area (Å²) in [5.41, 5.74) is 0.216. The van der Waals surface area contributed by atoms with Crippen molar-refractivity contribution in [2.75, 3.05) is 0 Å². The van der Waals surface area contributed by atoms with Crippen LogP contribution in [0.4, 0.5) is 0 Å². The quantitative estimate of drug-likeness (QED) is 0.925. The van der Waals surface area contributed by atoms with Crippen LogP contribution < -0.4 is 5.32 Å². The maximum absolute atomic E-state index is 12.7. The molecule has 1 saturated carbocycles. The summed E-state index contributed by atoms with van der Waals surface area (Å²) < 4.78 is 0. The van der Waals surface area contributed by atoms with E-state index in [-0.39, 0.29) is 17.9 Å². The fourth-order valence-corrected chi connectivity index (χ4v) is 3.48. The first-order chi connectivity index (χ1) is 10.6. The normalized spacial score (nSPS) is 25.7. The zero-order valence-corrected chi connectivity index (χ0v) is 13.0. The summed E-state index contributed by atoms with van der Waals surface area (Å²) >= 11 is 0. The van der Waals surface area contributed by atoms with E-state index in [0.29, 0.717) is 19.4 Å². The monoisotopic (exact) mass is 301 g/mol. The zero-order chi connectivity index (χ0) is 15.6. The smallest absolute Gasteiger partial charge is 0.245 e. The lowest BCUT2D eigenvalue weighted by Crippen LogP contribution is -2.55. The predicted molar refractivity (Wildman–Crippen MR) is 82.8 cm³/mol. The molecule has 2 fully saturated rings. The highest BCUT2D eigenvalue weighted by Gasteiger charge is 2.47. The Hall–Kier alpha value is -1.91. The van der Waals surface area contributed by atoms with Crippen LogP contribution in [0.5, 0.6) is 0 Å². The second-order valence-electron chi connectivity index (χ2n) is 6.57. The molecule has 5 heteroatoms. The second kappa shape index (κ2) is 6.07. The number of nitrogens with zero attached hydrogens (tertiary/aromatic N) is 2. The average molecular weight is 301 g/mol. The average Bonchev–Trinajstić information content (AvgIpc) is 3.12. The molecule has 2 amide bonds. The fraction of sp³-hybridized carbons (Fsp3) is 0.588. The molecule has 2 aliphatic rings. The van der Waals surface area contributed by atoms with E-state index in [1.807, 2.05) is 19.1 Å². The van der Waals surface area contributed by atoms with Gasteiger partial charge >= 0.3 is 0 Å². The number of aromatic nitrogens is 1. The minimum absolute atomic E-state index is 0.00543. The predicted octanol–water partition coefficient (Wildman–Crippen LogP) is 2.02. The molecule has 0 bridgehead atoms. The topological polar surface area (TPSA) is 62.3 Å². The third-order valence-corrected chi connectivity index (χ3v) is 4.97. The molecule has 5 nitrogen and oxygen atoms in total. The number of carbonyl (C=O) groups is 2. The molecule has 3 rings (SSSR count). The third kappa shape index (κ3) is 2.85. The number of likely N-dealkylation sites (tertiary alicyclic amines) is 1. The fourth-order valence-electron chi connectivity index (χ4n) is 3.48. The standard InChI is InChI=1S/C17H23N3O2/c1-17(16(22)19-14-6-2-3-7-14)9-8-15(21)20(17)12-13-5-4-10-18-11-13/h4-5,10-11,14H,2-3,6-9,12H2,1H3,(H,19,22). The van der Waals surface area contributed by atoms with Gasteiger partial charge in [-0.2, -0.15) is 0 Å². The van der Waals surface area contributed by atoms with Crippen molar-refractivity contribution >= 4 is 11.8 Å². The number of hydrogen-bond acceptors (Lipinski definition) is 3. The van der Waals surface area contributed by atoms with Crippen LogP contribution in [0.3, 0.4) is 0 Å². The summed E-state index contributed by atoms with van der Waals surface area (Å²) in [6, 6.07) is 4.07. The van der Waals surface area contributed by atoms with E-state index < -0.39 is 5.54 Å². The SMILES string of the molecule is CC1(C(=O)NC2CCCC2)CCC(=O)N1Cc1cccnc1. The molecule has 22 heavy (non-hydrogen) atoms. The maximum atomic E-state index is 12.7. The molecule has 1 aromatic heterocycles. The maximum Gasteiger partial charge on any atom is 0.245 e. The first kappa shape index (κ1) is 15.0. The van der Waals surface area contributed by atoms with Gasteiger partial charge in [0.05, 0.1) is 0 Å². The summed E-state index contributed by atoms with van der Waals surface area (Å²) in [5, 5.41) is 3.15. The Morgan fingerprint density at radius 2 is 2.23 bits per heavy atom. The molecular weight excluding hydrogens is 278 g/mol. The molecule has 118 valence electrons. The highest BCUT2D eigenvalue weighted by atomic mass is 16.2. The Morgan fingerprint density at radius 1 is 1.45 bits per heavy atom. The molecule has 0 spiro atoms. The first-order valence-electron chi connectivity index (χ1n) is 8.10. The van der Waals surface area contributed by atoms with E-state index in [0.717, 1.165) is 18.4 Å². The Morgan fingerprint density at radius 3 is 2.91 bits per heavy atom. The van der Waals surface area contributed by atoms with Crippen molar-refractivity contribution in [2.45, 2.75) is 63.6 Å². The van der Waals surface area contributed by atoms with E-state index in [4.69, 9.17) is 0 Å². The van der Waals surface area contributed by atoms with Gasteiger partial charge in [0.1, 0.15) is 5.54 Å². The second-order valence-corrected chi connectivity index (χ2v) is 6.57. The van der Waals surface area contributed by atoms with Crippen LogP contribution in [0.2, 0.25) is 0 Å². The molecule has 1 aliphatic heterocycles. The molecule has 2 heterocycles.